The number of ether oxygens (including phenoxy) is 3. The molecule has 0 saturated carbocycles. The van der Waals surface area contributed by atoms with Crippen LogP contribution >= 0.6 is 0 Å². The maximum atomic E-state index is 5.86. The number of nitrogens with one attached hydrogen (secondary N) is 1. The van der Waals surface area contributed by atoms with Crippen LogP contribution in [-0.4, -0.2) is 52.7 Å². The van der Waals surface area contributed by atoms with Crippen LogP contribution in [0.1, 0.15) is 39.5 Å². The fraction of sp³-hybridized carbons (Fsp3) is 1.00. The second-order valence-corrected chi connectivity index (χ2v) is 4.44. The summed E-state index contributed by atoms with van der Waals surface area (Å²) in [6, 6.07) is 0. The number of rotatable bonds is 14. The lowest BCUT2D eigenvalue weighted by Gasteiger charge is -2.17. The van der Waals surface area contributed by atoms with Crippen molar-refractivity contribution in [3.63, 3.8) is 0 Å². The maximum Gasteiger partial charge on any atom is 0.0700 e. The Bertz CT molecular complexity index is 156. The normalized spacial score (nSPS) is 12.8. The molecule has 0 aliphatic carbocycles. The van der Waals surface area contributed by atoms with Gasteiger partial charge in [-0.1, -0.05) is 20.3 Å². The molecule has 0 rings (SSSR count). The van der Waals surface area contributed by atoms with Crippen LogP contribution in [0.3, 0.4) is 0 Å². The molecule has 0 aliphatic heterocycles. The number of hydrogen-bond donors (Lipinski definition) is 1. The van der Waals surface area contributed by atoms with Gasteiger partial charge in [0.2, 0.25) is 0 Å². The summed E-state index contributed by atoms with van der Waals surface area (Å²) in [6.07, 6.45) is 4.77. The first kappa shape index (κ1) is 17.8. The predicted octanol–water partition coefficient (Wildman–Crippen LogP) is 2.22. The van der Waals surface area contributed by atoms with E-state index >= 15 is 0 Å². The molecule has 0 saturated heterocycles. The van der Waals surface area contributed by atoms with E-state index in [2.05, 4.69) is 19.2 Å². The van der Waals surface area contributed by atoms with Gasteiger partial charge < -0.3 is 19.5 Å². The molecule has 0 heterocycles. The molecular weight excluding hydrogens is 230 g/mol. The van der Waals surface area contributed by atoms with Gasteiger partial charge in [0.15, 0.2) is 0 Å². The van der Waals surface area contributed by atoms with E-state index in [1.807, 2.05) is 0 Å². The molecule has 4 nitrogen and oxygen atoms in total. The molecule has 0 aromatic heterocycles. The van der Waals surface area contributed by atoms with Crippen molar-refractivity contribution in [2.75, 3.05) is 46.6 Å². The first-order valence-electron chi connectivity index (χ1n) is 7.24. The molecule has 1 N–H and O–H groups in total. The van der Waals surface area contributed by atoms with Crippen LogP contribution in [0.5, 0.6) is 0 Å². The van der Waals surface area contributed by atoms with Gasteiger partial charge in [-0.15, -0.1) is 0 Å². The summed E-state index contributed by atoms with van der Waals surface area (Å²) in [5.74, 6) is 0. The fourth-order valence-electron chi connectivity index (χ4n) is 1.66. The third kappa shape index (κ3) is 12.3. The van der Waals surface area contributed by atoms with E-state index in [1.165, 1.54) is 12.8 Å². The van der Waals surface area contributed by atoms with Gasteiger partial charge >= 0.3 is 0 Å². The average molecular weight is 261 g/mol. The molecule has 0 aliphatic rings. The van der Waals surface area contributed by atoms with Crippen LogP contribution in [0, 0.1) is 0 Å². The molecule has 1 atom stereocenters. The monoisotopic (exact) mass is 261 g/mol. The molecule has 1 unspecified atom stereocenters. The second-order valence-electron chi connectivity index (χ2n) is 4.44. The Morgan fingerprint density at radius 3 is 2.50 bits per heavy atom. The van der Waals surface area contributed by atoms with Crippen molar-refractivity contribution in [3.8, 4) is 0 Å². The first-order valence-corrected chi connectivity index (χ1v) is 7.24. The molecule has 0 amide bonds. The highest BCUT2D eigenvalue weighted by Gasteiger charge is 2.06. The van der Waals surface area contributed by atoms with Gasteiger partial charge in [-0.05, 0) is 25.8 Å². The van der Waals surface area contributed by atoms with Gasteiger partial charge in [-0.25, -0.2) is 0 Å². The highest BCUT2D eigenvalue weighted by atomic mass is 16.5. The Hall–Kier alpha value is -0.160. The van der Waals surface area contributed by atoms with Crippen LogP contribution in [0.25, 0.3) is 0 Å². The molecule has 18 heavy (non-hydrogen) atoms. The highest BCUT2D eigenvalue weighted by molar-refractivity contribution is 4.61. The van der Waals surface area contributed by atoms with Crippen molar-refractivity contribution in [1.29, 1.82) is 0 Å². The topological polar surface area (TPSA) is 39.7 Å². The van der Waals surface area contributed by atoms with Gasteiger partial charge in [0.25, 0.3) is 0 Å². The molecule has 0 spiro atoms. The third-order valence-corrected chi connectivity index (χ3v) is 2.63. The summed E-state index contributed by atoms with van der Waals surface area (Å²) in [6.45, 7) is 9.29. The summed E-state index contributed by atoms with van der Waals surface area (Å²) < 4.78 is 16.2. The Labute approximate surface area is 112 Å². The summed E-state index contributed by atoms with van der Waals surface area (Å²) in [5, 5.41) is 3.42. The first-order chi connectivity index (χ1) is 8.85. The molecule has 110 valence electrons. The van der Waals surface area contributed by atoms with E-state index in [1.54, 1.807) is 7.11 Å². The summed E-state index contributed by atoms with van der Waals surface area (Å²) in [7, 11) is 1.69. The third-order valence-electron chi connectivity index (χ3n) is 2.63. The molecule has 0 bridgehead atoms. The zero-order valence-corrected chi connectivity index (χ0v) is 12.4. The maximum absolute atomic E-state index is 5.86. The minimum Gasteiger partial charge on any atom is -0.382 e. The molecule has 0 aromatic carbocycles. The SMILES string of the molecule is CCCNCC(CCC)OCCCOCCOC. The average Bonchev–Trinajstić information content (AvgIpc) is 2.38. The standard InChI is InChI=1S/C14H31NO3/c1-4-7-14(13-15-8-5-2)18-10-6-9-17-12-11-16-3/h14-15H,4-13H2,1-3H3. The highest BCUT2D eigenvalue weighted by Crippen LogP contribution is 2.02. The van der Waals surface area contributed by atoms with Gasteiger partial charge in [0, 0.05) is 26.9 Å². The predicted molar refractivity (Wildman–Crippen MR) is 75.1 cm³/mol. The minimum absolute atomic E-state index is 0.348. The van der Waals surface area contributed by atoms with E-state index in [0.717, 1.165) is 39.1 Å². The molecule has 0 radical (unpaired) electrons. The van der Waals surface area contributed by atoms with Crippen molar-refractivity contribution in [2.24, 2.45) is 0 Å². The number of methoxy groups -OCH3 is 1. The summed E-state index contributed by atoms with van der Waals surface area (Å²) in [5.41, 5.74) is 0. The quantitative estimate of drug-likeness (QED) is 0.487. The lowest BCUT2D eigenvalue weighted by molar-refractivity contribution is 0.0204. The fourth-order valence-corrected chi connectivity index (χ4v) is 1.66. The molecule has 0 fully saturated rings. The van der Waals surface area contributed by atoms with Gasteiger partial charge in [-0.2, -0.15) is 0 Å². The lowest BCUT2D eigenvalue weighted by atomic mass is 10.2. The zero-order valence-electron chi connectivity index (χ0n) is 12.4. The van der Waals surface area contributed by atoms with Gasteiger partial charge in [0.1, 0.15) is 0 Å². The summed E-state index contributed by atoms with van der Waals surface area (Å²) in [4.78, 5) is 0. The Morgan fingerprint density at radius 1 is 1.00 bits per heavy atom. The second kappa shape index (κ2) is 14.9. The van der Waals surface area contributed by atoms with Crippen LogP contribution < -0.4 is 5.32 Å². The number of hydrogen-bond acceptors (Lipinski definition) is 4. The van der Waals surface area contributed by atoms with Crippen LogP contribution in [-0.2, 0) is 14.2 Å². The van der Waals surface area contributed by atoms with E-state index < -0.39 is 0 Å². The largest absolute Gasteiger partial charge is 0.382 e. The molecule has 0 aromatic rings. The van der Waals surface area contributed by atoms with Gasteiger partial charge in [-0.3, -0.25) is 0 Å². The van der Waals surface area contributed by atoms with E-state index in [9.17, 15) is 0 Å². The van der Waals surface area contributed by atoms with Gasteiger partial charge in [0.05, 0.1) is 19.3 Å². The Kier molecular flexibility index (Phi) is 14.8. The molecule has 4 heteroatoms. The minimum atomic E-state index is 0.348. The Balaban J connectivity index is 3.39. The lowest BCUT2D eigenvalue weighted by Crippen LogP contribution is -2.30. The Morgan fingerprint density at radius 2 is 1.83 bits per heavy atom. The van der Waals surface area contributed by atoms with Crippen LogP contribution in [0.2, 0.25) is 0 Å². The van der Waals surface area contributed by atoms with E-state index in [-0.39, 0.29) is 0 Å². The van der Waals surface area contributed by atoms with Crippen molar-refractivity contribution in [1.82, 2.24) is 5.32 Å². The molecular formula is C14H31NO3. The van der Waals surface area contributed by atoms with Crippen molar-refractivity contribution >= 4 is 0 Å². The van der Waals surface area contributed by atoms with Crippen molar-refractivity contribution in [3.05, 3.63) is 0 Å². The van der Waals surface area contributed by atoms with E-state index in [0.29, 0.717) is 19.3 Å². The van der Waals surface area contributed by atoms with E-state index in [4.69, 9.17) is 14.2 Å². The smallest absolute Gasteiger partial charge is 0.0700 e. The van der Waals surface area contributed by atoms with Crippen molar-refractivity contribution in [2.45, 2.75) is 45.6 Å². The van der Waals surface area contributed by atoms with Crippen LogP contribution in [0.15, 0.2) is 0 Å². The van der Waals surface area contributed by atoms with Crippen LogP contribution in [0.4, 0.5) is 0 Å². The van der Waals surface area contributed by atoms with Crippen molar-refractivity contribution < 1.29 is 14.2 Å². The summed E-state index contributed by atoms with van der Waals surface area (Å²) >= 11 is 0. The zero-order chi connectivity index (χ0) is 13.5.